The average molecular weight is 237 g/mol. The van der Waals surface area contributed by atoms with Crippen molar-refractivity contribution in [3.8, 4) is 5.75 Å². The normalized spacial score (nSPS) is 27.0. The molecular formula is C12H13ClN2O. The molecule has 1 fully saturated rings. The van der Waals surface area contributed by atoms with Crippen LogP contribution in [0.25, 0.3) is 5.57 Å². The van der Waals surface area contributed by atoms with Gasteiger partial charge in [0.25, 0.3) is 0 Å². The van der Waals surface area contributed by atoms with E-state index in [-0.39, 0.29) is 0 Å². The fraction of sp³-hybridized carbons (Fsp3) is 0.417. The van der Waals surface area contributed by atoms with E-state index < -0.39 is 0 Å². The van der Waals surface area contributed by atoms with Gasteiger partial charge in [0.2, 0.25) is 0 Å². The summed E-state index contributed by atoms with van der Waals surface area (Å²) in [5.41, 5.74) is 2.47. The van der Waals surface area contributed by atoms with Gasteiger partial charge >= 0.3 is 0 Å². The molecule has 84 valence electrons. The molecule has 0 bridgehead atoms. The third-order valence-corrected chi connectivity index (χ3v) is 3.67. The molecule has 2 heterocycles. The van der Waals surface area contributed by atoms with Crippen molar-refractivity contribution in [3.63, 3.8) is 0 Å². The summed E-state index contributed by atoms with van der Waals surface area (Å²) in [5.74, 6) is 1.35. The van der Waals surface area contributed by atoms with Gasteiger partial charge in [-0.2, -0.15) is 0 Å². The number of fused-ring (bicyclic) bond motifs is 1. The molecule has 2 aliphatic rings. The van der Waals surface area contributed by atoms with Crippen LogP contribution in [0.4, 0.5) is 0 Å². The number of hydrogen-bond donors (Lipinski definition) is 1. The quantitative estimate of drug-likeness (QED) is 0.799. The summed E-state index contributed by atoms with van der Waals surface area (Å²) in [7, 11) is 1.61. The van der Waals surface area contributed by atoms with Crippen LogP contribution in [0.1, 0.15) is 12.0 Å². The molecule has 1 aliphatic heterocycles. The van der Waals surface area contributed by atoms with Gasteiger partial charge in [0, 0.05) is 24.7 Å². The fourth-order valence-electron chi connectivity index (χ4n) is 2.34. The van der Waals surface area contributed by atoms with E-state index in [0.29, 0.717) is 22.9 Å². The third-order valence-electron chi connectivity index (χ3n) is 3.39. The number of nitrogens with one attached hydrogen (secondary N) is 1. The van der Waals surface area contributed by atoms with Gasteiger partial charge in [-0.15, -0.1) is 0 Å². The van der Waals surface area contributed by atoms with Crippen LogP contribution in [0.5, 0.6) is 5.75 Å². The van der Waals surface area contributed by atoms with Crippen LogP contribution in [-0.4, -0.2) is 24.7 Å². The first-order valence-corrected chi connectivity index (χ1v) is 5.79. The molecule has 3 rings (SSSR count). The van der Waals surface area contributed by atoms with E-state index in [1.54, 1.807) is 7.11 Å². The standard InChI is InChI=1S/C12H13ClN2O/c1-16-11-4-8(5-15-12(11)13)7-2-9-6-14-10(9)3-7/h2,4-5,9-10,14H,3,6H2,1H3/t9-,10-/m0/s1. The molecule has 4 heteroatoms. The smallest absolute Gasteiger partial charge is 0.171 e. The summed E-state index contributed by atoms with van der Waals surface area (Å²) < 4.78 is 5.18. The zero-order valence-corrected chi connectivity index (χ0v) is 9.79. The van der Waals surface area contributed by atoms with Gasteiger partial charge in [-0.1, -0.05) is 17.7 Å². The highest BCUT2D eigenvalue weighted by Gasteiger charge is 2.34. The van der Waals surface area contributed by atoms with Crippen LogP contribution >= 0.6 is 11.6 Å². The molecule has 1 aromatic rings. The Morgan fingerprint density at radius 1 is 1.56 bits per heavy atom. The van der Waals surface area contributed by atoms with Crippen LogP contribution in [0, 0.1) is 5.92 Å². The minimum absolute atomic E-state index is 0.422. The zero-order valence-electron chi connectivity index (χ0n) is 9.03. The number of pyridine rings is 1. The Kier molecular flexibility index (Phi) is 2.37. The largest absolute Gasteiger partial charge is 0.494 e. The van der Waals surface area contributed by atoms with Crippen molar-refractivity contribution < 1.29 is 4.74 Å². The summed E-state index contributed by atoms with van der Waals surface area (Å²) >= 11 is 5.90. The van der Waals surface area contributed by atoms with Gasteiger partial charge in [0.15, 0.2) is 10.9 Å². The molecular weight excluding hydrogens is 224 g/mol. The topological polar surface area (TPSA) is 34.1 Å². The lowest BCUT2D eigenvalue weighted by Crippen LogP contribution is -2.49. The molecule has 1 N–H and O–H groups in total. The van der Waals surface area contributed by atoms with E-state index >= 15 is 0 Å². The number of methoxy groups -OCH3 is 1. The Bertz CT molecular complexity index is 458. The predicted octanol–water partition coefficient (Wildman–Crippen LogP) is 2.12. The van der Waals surface area contributed by atoms with E-state index in [1.807, 2.05) is 12.3 Å². The van der Waals surface area contributed by atoms with Gasteiger partial charge in [0.05, 0.1) is 7.11 Å². The number of rotatable bonds is 2. The van der Waals surface area contributed by atoms with E-state index in [0.717, 1.165) is 18.5 Å². The van der Waals surface area contributed by atoms with Crippen LogP contribution in [0.15, 0.2) is 18.3 Å². The number of nitrogens with zero attached hydrogens (tertiary/aromatic N) is 1. The van der Waals surface area contributed by atoms with Gasteiger partial charge in [0.1, 0.15) is 0 Å². The number of aromatic nitrogens is 1. The molecule has 16 heavy (non-hydrogen) atoms. The molecule has 0 unspecified atom stereocenters. The fourth-order valence-corrected chi connectivity index (χ4v) is 2.52. The minimum atomic E-state index is 0.422. The summed E-state index contributed by atoms with van der Waals surface area (Å²) in [4.78, 5) is 4.14. The van der Waals surface area contributed by atoms with E-state index in [9.17, 15) is 0 Å². The average Bonchev–Trinajstić information content (AvgIpc) is 2.56. The van der Waals surface area contributed by atoms with Crippen molar-refractivity contribution in [1.82, 2.24) is 10.3 Å². The summed E-state index contributed by atoms with van der Waals surface area (Å²) in [5, 5.41) is 3.84. The second-order valence-corrected chi connectivity index (χ2v) is 4.65. The molecule has 0 amide bonds. The lowest BCUT2D eigenvalue weighted by molar-refractivity contribution is 0.306. The van der Waals surface area contributed by atoms with E-state index in [1.165, 1.54) is 5.57 Å². The van der Waals surface area contributed by atoms with Gasteiger partial charge < -0.3 is 10.1 Å². The van der Waals surface area contributed by atoms with Crippen LogP contribution in [0.3, 0.4) is 0 Å². The van der Waals surface area contributed by atoms with E-state index in [2.05, 4.69) is 16.4 Å². The highest BCUT2D eigenvalue weighted by Crippen LogP contribution is 2.37. The maximum atomic E-state index is 5.90. The summed E-state index contributed by atoms with van der Waals surface area (Å²) in [6.07, 6.45) is 5.24. The minimum Gasteiger partial charge on any atom is -0.494 e. The Hall–Kier alpha value is -1.06. The molecule has 2 atom stereocenters. The Morgan fingerprint density at radius 2 is 2.44 bits per heavy atom. The second kappa shape index (κ2) is 3.75. The molecule has 0 saturated carbocycles. The highest BCUT2D eigenvalue weighted by atomic mass is 35.5. The molecule has 3 nitrogen and oxygen atoms in total. The Balaban J connectivity index is 1.92. The molecule has 0 radical (unpaired) electrons. The lowest BCUT2D eigenvalue weighted by Gasteiger charge is -2.31. The van der Waals surface area contributed by atoms with Crippen LogP contribution < -0.4 is 10.1 Å². The van der Waals surface area contributed by atoms with Crippen molar-refractivity contribution in [2.45, 2.75) is 12.5 Å². The molecule has 1 saturated heterocycles. The molecule has 0 spiro atoms. The number of ether oxygens (including phenoxy) is 1. The summed E-state index contributed by atoms with van der Waals surface area (Å²) in [6.45, 7) is 1.10. The van der Waals surface area contributed by atoms with Crippen molar-refractivity contribution >= 4 is 17.2 Å². The summed E-state index contributed by atoms with van der Waals surface area (Å²) in [6, 6.07) is 2.60. The van der Waals surface area contributed by atoms with E-state index in [4.69, 9.17) is 16.3 Å². The van der Waals surface area contributed by atoms with Crippen molar-refractivity contribution in [2.24, 2.45) is 5.92 Å². The van der Waals surface area contributed by atoms with Gasteiger partial charge in [-0.05, 0) is 23.6 Å². The first kappa shape index (κ1) is 10.1. The predicted molar refractivity (Wildman–Crippen MR) is 63.7 cm³/mol. The maximum Gasteiger partial charge on any atom is 0.171 e. The first-order chi connectivity index (χ1) is 7.78. The Morgan fingerprint density at radius 3 is 3.00 bits per heavy atom. The third kappa shape index (κ3) is 1.51. The SMILES string of the molecule is COc1cc(C2=C[C@H]3CN[C@H]3C2)cnc1Cl. The van der Waals surface area contributed by atoms with Crippen molar-refractivity contribution in [1.29, 1.82) is 0 Å². The first-order valence-electron chi connectivity index (χ1n) is 5.42. The maximum absolute atomic E-state index is 5.90. The van der Waals surface area contributed by atoms with Crippen molar-refractivity contribution in [2.75, 3.05) is 13.7 Å². The zero-order chi connectivity index (χ0) is 11.1. The van der Waals surface area contributed by atoms with Crippen LogP contribution in [-0.2, 0) is 0 Å². The lowest BCUT2D eigenvalue weighted by atomic mass is 9.95. The van der Waals surface area contributed by atoms with Gasteiger partial charge in [-0.25, -0.2) is 4.98 Å². The molecule has 1 aliphatic carbocycles. The van der Waals surface area contributed by atoms with Crippen LogP contribution in [0.2, 0.25) is 5.15 Å². The van der Waals surface area contributed by atoms with Crippen molar-refractivity contribution in [3.05, 3.63) is 29.1 Å². The number of hydrogen-bond acceptors (Lipinski definition) is 3. The molecule has 1 aromatic heterocycles. The Labute approximate surface area is 99.5 Å². The number of halogens is 1. The second-order valence-electron chi connectivity index (χ2n) is 4.29. The monoisotopic (exact) mass is 236 g/mol. The van der Waals surface area contributed by atoms with Gasteiger partial charge in [-0.3, -0.25) is 0 Å². The highest BCUT2D eigenvalue weighted by molar-refractivity contribution is 6.30. The molecule has 0 aromatic carbocycles.